The molecule has 1 saturated heterocycles. The molecule has 0 bridgehead atoms. The van der Waals surface area contributed by atoms with Crippen molar-refractivity contribution >= 4 is 11.8 Å². The van der Waals surface area contributed by atoms with Crippen molar-refractivity contribution in [3.63, 3.8) is 0 Å². The molecule has 7 heteroatoms. The first kappa shape index (κ1) is 19.3. The zero-order valence-corrected chi connectivity index (χ0v) is 14.7. The molecule has 0 aromatic heterocycles. The minimum absolute atomic E-state index is 0.0380. The summed E-state index contributed by atoms with van der Waals surface area (Å²) < 4.78 is 40.0. The number of rotatable bonds is 3. The van der Waals surface area contributed by atoms with Gasteiger partial charge in [-0.1, -0.05) is 20.8 Å². The Morgan fingerprint density at radius 3 is 2.28 bits per heavy atom. The van der Waals surface area contributed by atoms with Gasteiger partial charge in [-0.2, -0.15) is 0 Å². The van der Waals surface area contributed by atoms with Crippen LogP contribution in [0.3, 0.4) is 0 Å². The lowest BCUT2D eigenvalue weighted by Gasteiger charge is -2.33. The normalized spacial score (nSPS) is 16.0. The molecule has 1 fully saturated rings. The molecule has 1 aromatic carbocycles. The summed E-state index contributed by atoms with van der Waals surface area (Å²) in [5, 5.41) is 2.94. The van der Waals surface area contributed by atoms with Crippen molar-refractivity contribution in [1.82, 2.24) is 10.2 Å². The van der Waals surface area contributed by atoms with E-state index in [1.54, 1.807) is 0 Å². The largest absolute Gasteiger partial charge is 0.353 e. The zero-order chi connectivity index (χ0) is 18.8. The molecule has 1 N–H and O–H groups in total. The van der Waals surface area contributed by atoms with E-state index in [1.807, 2.05) is 20.8 Å². The number of nitrogens with one attached hydrogen (secondary N) is 1. The SMILES string of the molecule is CC(C)(C)CC(=O)NC1CCN(C(=O)c2ccc(F)c(F)c2F)CC1. The zero-order valence-electron chi connectivity index (χ0n) is 14.7. The van der Waals surface area contributed by atoms with Gasteiger partial charge in [0.05, 0.1) is 5.56 Å². The molecule has 0 aliphatic carbocycles. The molecule has 0 unspecified atom stereocenters. The second kappa shape index (κ2) is 7.45. The van der Waals surface area contributed by atoms with E-state index in [0.29, 0.717) is 32.4 Å². The lowest BCUT2D eigenvalue weighted by atomic mass is 9.91. The number of likely N-dealkylation sites (tertiary alicyclic amines) is 1. The van der Waals surface area contributed by atoms with E-state index in [2.05, 4.69) is 5.32 Å². The van der Waals surface area contributed by atoms with E-state index in [0.717, 1.165) is 12.1 Å². The Balaban J connectivity index is 1.93. The number of hydrogen-bond acceptors (Lipinski definition) is 2. The quantitative estimate of drug-likeness (QED) is 0.845. The topological polar surface area (TPSA) is 49.4 Å². The maximum Gasteiger partial charge on any atom is 0.256 e. The predicted octanol–water partition coefficient (Wildman–Crippen LogP) is 3.26. The van der Waals surface area contributed by atoms with Crippen LogP contribution in [-0.4, -0.2) is 35.8 Å². The maximum absolute atomic E-state index is 13.8. The Bertz CT molecular complexity index is 663. The van der Waals surface area contributed by atoms with Crippen molar-refractivity contribution in [2.75, 3.05) is 13.1 Å². The summed E-state index contributed by atoms with van der Waals surface area (Å²) in [5.74, 6) is -5.14. The number of benzene rings is 1. The van der Waals surface area contributed by atoms with Gasteiger partial charge in [-0.3, -0.25) is 9.59 Å². The van der Waals surface area contributed by atoms with Crippen molar-refractivity contribution in [3.05, 3.63) is 35.1 Å². The first-order valence-corrected chi connectivity index (χ1v) is 8.30. The summed E-state index contributed by atoms with van der Waals surface area (Å²) in [6.07, 6.45) is 1.48. The van der Waals surface area contributed by atoms with Crippen LogP contribution in [0.1, 0.15) is 50.4 Å². The number of nitrogens with zero attached hydrogens (tertiary/aromatic N) is 1. The van der Waals surface area contributed by atoms with Gasteiger partial charge >= 0.3 is 0 Å². The Labute approximate surface area is 145 Å². The fourth-order valence-electron chi connectivity index (χ4n) is 2.85. The highest BCUT2D eigenvalue weighted by atomic mass is 19.2. The minimum atomic E-state index is -1.64. The molecule has 25 heavy (non-hydrogen) atoms. The molecular weight excluding hydrogens is 333 g/mol. The summed E-state index contributed by atoms with van der Waals surface area (Å²) in [7, 11) is 0. The monoisotopic (exact) mass is 356 g/mol. The molecule has 4 nitrogen and oxygen atoms in total. The predicted molar refractivity (Wildman–Crippen MR) is 87.5 cm³/mol. The minimum Gasteiger partial charge on any atom is -0.353 e. The number of hydrogen-bond donors (Lipinski definition) is 1. The van der Waals surface area contributed by atoms with Crippen LogP contribution in [0.15, 0.2) is 12.1 Å². The van der Waals surface area contributed by atoms with Gasteiger partial charge in [-0.15, -0.1) is 0 Å². The molecular formula is C18H23F3N2O2. The molecule has 0 atom stereocenters. The maximum atomic E-state index is 13.8. The highest BCUT2D eigenvalue weighted by molar-refractivity contribution is 5.94. The molecule has 1 aliphatic rings. The van der Waals surface area contributed by atoms with Crippen molar-refractivity contribution < 1.29 is 22.8 Å². The molecule has 0 saturated carbocycles. The third-order valence-electron chi connectivity index (χ3n) is 4.10. The van der Waals surface area contributed by atoms with E-state index < -0.39 is 28.9 Å². The van der Waals surface area contributed by atoms with Crippen LogP contribution < -0.4 is 5.32 Å². The van der Waals surface area contributed by atoms with Gasteiger partial charge in [0.2, 0.25) is 5.91 Å². The van der Waals surface area contributed by atoms with Crippen LogP contribution in [0, 0.1) is 22.9 Å². The Morgan fingerprint density at radius 1 is 1.12 bits per heavy atom. The fraction of sp³-hybridized carbons (Fsp3) is 0.556. The smallest absolute Gasteiger partial charge is 0.256 e. The lowest BCUT2D eigenvalue weighted by molar-refractivity contribution is -0.123. The van der Waals surface area contributed by atoms with E-state index in [4.69, 9.17) is 0 Å². The average molecular weight is 356 g/mol. The Kier molecular flexibility index (Phi) is 5.75. The van der Waals surface area contributed by atoms with Crippen molar-refractivity contribution in [3.8, 4) is 0 Å². The lowest BCUT2D eigenvalue weighted by Crippen LogP contribution is -2.47. The molecule has 1 aromatic rings. The summed E-state index contributed by atoms with van der Waals surface area (Å²) in [5.41, 5.74) is -0.584. The average Bonchev–Trinajstić information content (AvgIpc) is 2.51. The molecule has 1 aliphatic heterocycles. The summed E-state index contributed by atoms with van der Waals surface area (Å²) in [6, 6.07) is 1.65. The second-order valence-corrected chi connectivity index (χ2v) is 7.59. The van der Waals surface area contributed by atoms with Gasteiger partial charge in [0.25, 0.3) is 5.91 Å². The molecule has 0 spiro atoms. The van der Waals surface area contributed by atoms with E-state index in [9.17, 15) is 22.8 Å². The van der Waals surface area contributed by atoms with Crippen molar-refractivity contribution in [1.29, 1.82) is 0 Å². The first-order valence-electron chi connectivity index (χ1n) is 8.30. The van der Waals surface area contributed by atoms with Crippen LogP contribution in [-0.2, 0) is 4.79 Å². The van der Waals surface area contributed by atoms with Crippen molar-refractivity contribution in [2.45, 2.75) is 46.1 Å². The standard InChI is InChI=1S/C18H23F3N2O2/c1-18(2,3)10-14(24)22-11-6-8-23(9-7-11)17(25)12-4-5-13(19)16(21)15(12)20/h4-5,11H,6-10H2,1-3H3,(H,22,24). The van der Waals surface area contributed by atoms with Crippen LogP contribution in [0.5, 0.6) is 0 Å². The van der Waals surface area contributed by atoms with Crippen molar-refractivity contribution in [2.24, 2.45) is 5.41 Å². The molecule has 2 amide bonds. The molecule has 0 radical (unpaired) electrons. The van der Waals surface area contributed by atoms with Crippen LogP contribution in [0.4, 0.5) is 13.2 Å². The van der Waals surface area contributed by atoms with Gasteiger partial charge in [0.1, 0.15) is 0 Å². The number of carbonyl (C=O) groups excluding carboxylic acids is 2. The molecule has 138 valence electrons. The Hall–Kier alpha value is -2.05. The molecule has 2 rings (SSSR count). The van der Waals surface area contributed by atoms with E-state index in [-0.39, 0.29) is 17.4 Å². The highest BCUT2D eigenvalue weighted by Gasteiger charge is 2.28. The number of piperidine rings is 1. The summed E-state index contributed by atoms with van der Waals surface area (Å²) in [6.45, 7) is 6.56. The number of carbonyl (C=O) groups is 2. The number of amides is 2. The number of halogens is 3. The van der Waals surface area contributed by atoms with Gasteiger partial charge in [0.15, 0.2) is 17.5 Å². The molecule has 1 heterocycles. The van der Waals surface area contributed by atoms with Gasteiger partial charge in [-0.05, 0) is 30.4 Å². The third kappa shape index (κ3) is 4.96. The van der Waals surface area contributed by atoms with E-state index in [1.165, 1.54) is 4.90 Å². The van der Waals surface area contributed by atoms with Gasteiger partial charge in [-0.25, -0.2) is 13.2 Å². The highest BCUT2D eigenvalue weighted by Crippen LogP contribution is 2.21. The Morgan fingerprint density at radius 2 is 1.72 bits per heavy atom. The fourth-order valence-corrected chi connectivity index (χ4v) is 2.85. The van der Waals surface area contributed by atoms with Crippen LogP contribution >= 0.6 is 0 Å². The summed E-state index contributed by atoms with van der Waals surface area (Å²) >= 11 is 0. The third-order valence-corrected chi connectivity index (χ3v) is 4.10. The van der Waals surface area contributed by atoms with E-state index >= 15 is 0 Å². The second-order valence-electron chi connectivity index (χ2n) is 7.59. The van der Waals surface area contributed by atoms with Crippen LogP contribution in [0.2, 0.25) is 0 Å². The van der Waals surface area contributed by atoms with Gasteiger partial charge in [0, 0.05) is 25.6 Å². The first-order chi connectivity index (χ1) is 11.6. The summed E-state index contributed by atoms with van der Waals surface area (Å²) in [4.78, 5) is 25.7. The van der Waals surface area contributed by atoms with Crippen LogP contribution in [0.25, 0.3) is 0 Å². The van der Waals surface area contributed by atoms with Gasteiger partial charge < -0.3 is 10.2 Å².